The predicted octanol–water partition coefficient (Wildman–Crippen LogP) is 3.10. The molecule has 144 valence electrons. The normalized spacial score (nSPS) is 19.4. The van der Waals surface area contributed by atoms with Crippen molar-refractivity contribution in [1.82, 2.24) is 4.98 Å². The van der Waals surface area contributed by atoms with E-state index in [1.54, 1.807) is 6.07 Å². The SMILES string of the molecule is OC[C@@H](O)c1cccc(-c2ccc3c(c2)CCCCN3C2CCOCC2)n1. The lowest BCUT2D eigenvalue weighted by molar-refractivity contribution is 0.0844. The van der Waals surface area contributed by atoms with E-state index in [4.69, 9.17) is 4.74 Å². The van der Waals surface area contributed by atoms with Crippen LogP contribution in [-0.2, 0) is 11.2 Å². The molecule has 2 N–H and O–H groups in total. The summed E-state index contributed by atoms with van der Waals surface area (Å²) in [6.07, 6.45) is 4.77. The van der Waals surface area contributed by atoms with E-state index in [1.807, 2.05) is 12.1 Å². The number of benzene rings is 1. The van der Waals surface area contributed by atoms with Crippen LogP contribution < -0.4 is 4.90 Å². The fourth-order valence-corrected chi connectivity index (χ4v) is 4.21. The van der Waals surface area contributed by atoms with Crippen molar-refractivity contribution in [3.63, 3.8) is 0 Å². The van der Waals surface area contributed by atoms with Crippen LogP contribution in [0.5, 0.6) is 0 Å². The number of aromatic nitrogens is 1. The standard InChI is InChI=1S/C22H28N2O3/c25-15-22(26)20-6-3-5-19(23-20)16-7-8-21-17(14-16)4-1-2-11-24(21)18-9-12-27-13-10-18/h3,5-8,14,18,22,25-26H,1-2,4,9-13,15H2/t22-/m1/s1. The van der Waals surface area contributed by atoms with Crippen molar-refractivity contribution in [3.05, 3.63) is 47.7 Å². The Kier molecular flexibility index (Phi) is 5.72. The van der Waals surface area contributed by atoms with Crippen LogP contribution in [-0.4, -0.2) is 47.6 Å². The molecule has 2 aliphatic heterocycles. The van der Waals surface area contributed by atoms with E-state index in [2.05, 4.69) is 28.1 Å². The molecule has 1 fully saturated rings. The first-order valence-corrected chi connectivity index (χ1v) is 10.00. The number of nitrogens with zero attached hydrogens (tertiary/aromatic N) is 2. The number of anilines is 1. The van der Waals surface area contributed by atoms with Gasteiger partial charge in [-0.1, -0.05) is 12.1 Å². The van der Waals surface area contributed by atoms with E-state index in [9.17, 15) is 10.2 Å². The van der Waals surface area contributed by atoms with Gasteiger partial charge in [-0.25, -0.2) is 4.98 Å². The predicted molar refractivity (Wildman–Crippen MR) is 106 cm³/mol. The van der Waals surface area contributed by atoms with Crippen LogP contribution in [0.1, 0.15) is 43.0 Å². The van der Waals surface area contributed by atoms with Crippen LogP contribution in [0.25, 0.3) is 11.3 Å². The second-order valence-corrected chi connectivity index (χ2v) is 7.48. The Labute approximate surface area is 160 Å². The van der Waals surface area contributed by atoms with Gasteiger partial charge in [-0.3, -0.25) is 0 Å². The first-order valence-electron chi connectivity index (χ1n) is 10.00. The van der Waals surface area contributed by atoms with Gasteiger partial charge in [0.05, 0.1) is 18.0 Å². The molecule has 0 radical (unpaired) electrons. The van der Waals surface area contributed by atoms with Gasteiger partial charge in [-0.15, -0.1) is 0 Å². The number of aryl methyl sites for hydroxylation is 1. The second kappa shape index (κ2) is 8.38. The van der Waals surface area contributed by atoms with Crippen molar-refractivity contribution in [2.24, 2.45) is 0 Å². The number of aliphatic hydroxyl groups excluding tert-OH is 2. The summed E-state index contributed by atoms with van der Waals surface area (Å²) in [6, 6.07) is 12.8. The zero-order valence-electron chi connectivity index (χ0n) is 15.7. The molecule has 0 spiro atoms. The Morgan fingerprint density at radius 3 is 2.81 bits per heavy atom. The monoisotopic (exact) mass is 368 g/mol. The van der Waals surface area contributed by atoms with Crippen molar-refractivity contribution in [2.45, 2.75) is 44.2 Å². The maximum Gasteiger partial charge on any atom is 0.119 e. The van der Waals surface area contributed by atoms with Gasteiger partial charge < -0.3 is 19.8 Å². The van der Waals surface area contributed by atoms with Gasteiger partial charge in [0.15, 0.2) is 0 Å². The van der Waals surface area contributed by atoms with E-state index in [0.717, 1.165) is 50.3 Å². The van der Waals surface area contributed by atoms with Gasteiger partial charge in [-0.2, -0.15) is 0 Å². The summed E-state index contributed by atoms with van der Waals surface area (Å²) in [5.74, 6) is 0. The highest BCUT2D eigenvalue weighted by Gasteiger charge is 2.25. The molecule has 4 rings (SSSR count). The highest BCUT2D eigenvalue weighted by molar-refractivity contribution is 5.67. The number of ether oxygens (including phenoxy) is 1. The van der Waals surface area contributed by atoms with Crippen molar-refractivity contribution < 1.29 is 14.9 Å². The molecule has 0 saturated carbocycles. The minimum atomic E-state index is -0.935. The minimum Gasteiger partial charge on any atom is -0.393 e. The van der Waals surface area contributed by atoms with E-state index in [1.165, 1.54) is 24.1 Å². The smallest absolute Gasteiger partial charge is 0.119 e. The van der Waals surface area contributed by atoms with Crippen LogP contribution in [0, 0.1) is 0 Å². The molecule has 1 saturated heterocycles. The van der Waals surface area contributed by atoms with Crippen LogP contribution in [0.3, 0.4) is 0 Å². The Bertz CT molecular complexity index is 774. The maximum absolute atomic E-state index is 9.88. The number of hydrogen-bond acceptors (Lipinski definition) is 5. The third kappa shape index (κ3) is 4.00. The summed E-state index contributed by atoms with van der Waals surface area (Å²) in [5.41, 5.74) is 5.15. The molecule has 0 amide bonds. The van der Waals surface area contributed by atoms with Gasteiger partial charge in [0.25, 0.3) is 0 Å². The number of fused-ring (bicyclic) bond motifs is 1. The highest BCUT2D eigenvalue weighted by atomic mass is 16.5. The van der Waals surface area contributed by atoms with Crippen molar-refractivity contribution >= 4 is 5.69 Å². The third-order valence-corrected chi connectivity index (χ3v) is 5.70. The van der Waals surface area contributed by atoms with Crippen LogP contribution >= 0.6 is 0 Å². The molecule has 27 heavy (non-hydrogen) atoms. The van der Waals surface area contributed by atoms with E-state index >= 15 is 0 Å². The van der Waals surface area contributed by atoms with Gasteiger partial charge in [-0.05, 0) is 61.9 Å². The highest BCUT2D eigenvalue weighted by Crippen LogP contribution is 2.33. The van der Waals surface area contributed by atoms with Gasteiger partial charge in [0.2, 0.25) is 0 Å². The molecule has 1 aromatic carbocycles. The van der Waals surface area contributed by atoms with Crippen molar-refractivity contribution in [2.75, 3.05) is 31.3 Å². The lowest BCUT2D eigenvalue weighted by Gasteiger charge is -2.36. The Hall–Kier alpha value is -1.95. The van der Waals surface area contributed by atoms with Crippen LogP contribution in [0.4, 0.5) is 5.69 Å². The lowest BCUT2D eigenvalue weighted by Crippen LogP contribution is -2.40. The average molecular weight is 368 g/mol. The topological polar surface area (TPSA) is 65.8 Å². The zero-order valence-corrected chi connectivity index (χ0v) is 15.7. The summed E-state index contributed by atoms with van der Waals surface area (Å²) in [4.78, 5) is 7.15. The number of pyridine rings is 1. The first-order chi connectivity index (χ1) is 13.3. The number of rotatable bonds is 4. The molecule has 1 aromatic heterocycles. The maximum atomic E-state index is 9.88. The number of aliphatic hydroxyl groups is 2. The summed E-state index contributed by atoms with van der Waals surface area (Å²) >= 11 is 0. The molecule has 5 heteroatoms. The Balaban J connectivity index is 1.65. The summed E-state index contributed by atoms with van der Waals surface area (Å²) in [7, 11) is 0. The first kappa shape index (κ1) is 18.4. The van der Waals surface area contributed by atoms with E-state index < -0.39 is 6.10 Å². The molecule has 0 unspecified atom stereocenters. The summed E-state index contributed by atoms with van der Waals surface area (Å²) in [5, 5.41) is 19.1. The zero-order chi connectivity index (χ0) is 18.6. The van der Waals surface area contributed by atoms with E-state index in [0.29, 0.717) is 11.7 Å². The molecule has 5 nitrogen and oxygen atoms in total. The molecular weight excluding hydrogens is 340 g/mol. The van der Waals surface area contributed by atoms with Crippen molar-refractivity contribution in [1.29, 1.82) is 0 Å². The fourth-order valence-electron chi connectivity index (χ4n) is 4.21. The molecule has 2 aliphatic rings. The largest absolute Gasteiger partial charge is 0.393 e. The molecule has 0 bridgehead atoms. The van der Waals surface area contributed by atoms with Crippen LogP contribution in [0.15, 0.2) is 36.4 Å². The van der Waals surface area contributed by atoms with Crippen molar-refractivity contribution in [3.8, 4) is 11.3 Å². The number of hydrogen-bond donors (Lipinski definition) is 2. The Morgan fingerprint density at radius 1 is 1.15 bits per heavy atom. The Morgan fingerprint density at radius 2 is 2.00 bits per heavy atom. The minimum absolute atomic E-state index is 0.319. The van der Waals surface area contributed by atoms with Crippen LogP contribution in [0.2, 0.25) is 0 Å². The lowest BCUT2D eigenvalue weighted by atomic mass is 10.00. The third-order valence-electron chi connectivity index (χ3n) is 5.70. The average Bonchev–Trinajstić information content (AvgIpc) is 2.96. The quantitative estimate of drug-likeness (QED) is 0.868. The van der Waals surface area contributed by atoms with Gasteiger partial charge in [0.1, 0.15) is 6.10 Å². The van der Waals surface area contributed by atoms with E-state index in [-0.39, 0.29) is 6.61 Å². The molecule has 2 aromatic rings. The van der Waals surface area contributed by atoms with Gasteiger partial charge in [0, 0.05) is 37.1 Å². The molecule has 0 aliphatic carbocycles. The molecule has 1 atom stereocenters. The molecule has 3 heterocycles. The van der Waals surface area contributed by atoms with Gasteiger partial charge >= 0.3 is 0 Å². The summed E-state index contributed by atoms with van der Waals surface area (Å²) in [6.45, 7) is 2.52. The fraction of sp³-hybridized carbons (Fsp3) is 0.500. The molecular formula is C22H28N2O3. The summed E-state index contributed by atoms with van der Waals surface area (Å²) < 4.78 is 5.55. The second-order valence-electron chi connectivity index (χ2n) is 7.48.